The highest BCUT2D eigenvalue weighted by Crippen LogP contribution is 2.15. The van der Waals surface area contributed by atoms with Gasteiger partial charge in [-0.1, -0.05) is 13.0 Å². The number of benzene rings is 1. The average molecular weight is 272 g/mol. The van der Waals surface area contributed by atoms with Crippen LogP contribution in [0.3, 0.4) is 0 Å². The van der Waals surface area contributed by atoms with Crippen molar-refractivity contribution >= 4 is 11.6 Å². The van der Waals surface area contributed by atoms with Crippen LogP contribution >= 0.6 is 0 Å². The molecule has 106 valence electrons. The standard InChI is InChI=1S/C15H20N4O/c1-4-14-11(9-19(3)18-14)8-17-15(20)12-6-5-7-13(16)10(12)2/h5-7,9H,4,8,16H2,1-3H3,(H,17,20). The van der Waals surface area contributed by atoms with Crippen LogP contribution in [-0.2, 0) is 20.0 Å². The van der Waals surface area contributed by atoms with Gasteiger partial charge in [0.2, 0.25) is 0 Å². The number of carbonyl (C=O) groups excluding carboxylic acids is 1. The van der Waals surface area contributed by atoms with E-state index >= 15 is 0 Å². The molecule has 3 N–H and O–H groups in total. The van der Waals surface area contributed by atoms with Crippen LogP contribution in [0.25, 0.3) is 0 Å². The van der Waals surface area contributed by atoms with Crippen LogP contribution in [0, 0.1) is 6.92 Å². The lowest BCUT2D eigenvalue weighted by Crippen LogP contribution is -2.24. The fraction of sp³-hybridized carbons (Fsp3) is 0.333. The zero-order valence-electron chi connectivity index (χ0n) is 12.1. The quantitative estimate of drug-likeness (QED) is 0.834. The van der Waals surface area contributed by atoms with Crippen molar-refractivity contribution in [1.82, 2.24) is 15.1 Å². The maximum absolute atomic E-state index is 12.2. The smallest absolute Gasteiger partial charge is 0.251 e. The van der Waals surface area contributed by atoms with Crippen molar-refractivity contribution < 1.29 is 4.79 Å². The van der Waals surface area contributed by atoms with Gasteiger partial charge in [-0.15, -0.1) is 0 Å². The molecule has 0 saturated carbocycles. The van der Waals surface area contributed by atoms with Crippen molar-refractivity contribution in [2.75, 3.05) is 5.73 Å². The average Bonchev–Trinajstić information content (AvgIpc) is 2.79. The maximum Gasteiger partial charge on any atom is 0.251 e. The van der Waals surface area contributed by atoms with Gasteiger partial charge in [-0.05, 0) is 31.0 Å². The number of nitrogens with two attached hydrogens (primary N) is 1. The summed E-state index contributed by atoms with van der Waals surface area (Å²) in [5, 5.41) is 7.28. The van der Waals surface area contributed by atoms with Crippen LogP contribution < -0.4 is 11.1 Å². The molecular formula is C15H20N4O. The molecule has 1 heterocycles. The van der Waals surface area contributed by atoms with Gasteiger partial charge in [0.15, 0.2) is 0 Å². The van der Waals surface area contributed by atoms with E-state index < -0.39 is 0 Å². The molecule has 0 aliphatic heterocycles. The van der Waals surface area contributed by atoms with Gasteiger partial charge in [0.25, 0.3) is 5.91 Å². The number of anilines is 1. The lowest BCUT2D eigenvalue weighted by atomic mass is 10.1. The third kappa shape index (κ3) is 2.82. The first kappa shape index (κ1) is 14.1. The summed E-state index contributed by atoms with van der Waals surface area (Å²) >= 11 is 0. The number of nitrogens with one attached hydrogen (secondary N) is 1. The van der Waals surface area contributed by atoms with E-state index in [1.807, 2.05) is 20.2 Å². The van der Waals surface area contributed by atoms with E-state index in [0.29, 0.717) is 17.8 Å². The molecule has 0 aliphatic rings. The van der Waals surface area contributed by atoms with Crippen LogP contribution in [-0.4, -0.2) is 15.7 Å². The topological polar surface area (TPSA) is 72.9 Å². The zero-order valence-corrected chi connectivity index (χ0v) is 12.1. The minimum atomic E-state index is -0.110. The molecule has 0 bridgehead atoms. The first-order valence-electron chi connectivity index (χ1n) is 6.67. The number of hydrogen-bond acceptors (Lipinski definition) is 3. The number of aryl methyl sites for hydroxylation is 2. The third-order valence-electron chi connectivity index (χ3n) is 3.39. The molecule has 0 atom stereocenters. The summed E-state index contributed by atoms with van der Waals surface area (Å²) in [5.41, 5.74) is 9.94. The lowest BCUT2D eigenvalue weighted by molar-refractivity contribution is 0.0950. The van der Waals surface area contributed by atoms with Crippen molar-refractivity contribution in [3.8, 4) is 0 Å². The predicted molar refractivity (Wildman–Crippen MR) is 79.3 cm³/mol. The zero-order chi connectivity index (χ0) is 14.7. The highest BCUT2D eigenvalue weighted by atomic mass is 16.1. The second-order valence-electron chi connectivity index (χ2n) is 4.83. The van der Waals surface area contributed by atoms with Gasteiger partial charge in [0.1, 0.15) is 0 Å². The summed E-state index contributed by atoms with van der Waals surface area (Å²) < 4.78 is 1.77. The molecule has 0 saturated heterocycles. The summed E-state index contributed by atoms with van der Waals surface area (Å²) in [6, 6.07) is 5.37. The second-order valence-corrected chi connectivity index (χ2v) is 4.83. The highest BCUT2D eigenvalue weighted by molar-refractivity contribution is 5.96. The Kier molecular flexibility index (Phi) is 4.08. The van der Waals surface area contributed by atoms with Gasteiger partial charge in [-0.3, -0.25) is 9.48 Å². The molecule has 0 spiro atoms. The summed E-state index contributed by atoms with van der Waals surface area (Å²) in [4.78, 5) is 12.2. The molecule has 0 radical (unpaired) electrons. The van der Waals surface area contributed by atoms with E-state index in [4.69, 9.17) is 5.73 Å². The third-order valence-corrected chi connectivity index (χ3v) is 3.39. The van der Waals surface area contributed by atoms with E-state index in [1.54, 1.807) is 22.9 Å². The summed E-state index contributed by atoms with van der Waals surface area (Å²) in [5.74, 6) is -0.110. The Morgan fingerprint density at radius 3 is 2.90 bits per heavy atom. The van der Waals surface area contributed by atoms with Crippen LogP contribution in [0.15, 0.2) is 24.4 Å². The Hall–Kier alpha value is -2.30. The molecule has 2 aromatic rings. The molecule has 2 rings (SSSR count). The predicted octanol–water partition coefficient (Wildman–Crippen LogP) is 1.80. The molecule has 5 heteroatoms. The van der Waals surface area contributed by atoms with Crippen LogP contribution in [0.5, 0.6) is 0 Å². The molecule has 20 heavy (non-hydrogen) atoms. The van der Waals surface area contributed by atoms with Crippen LogP contribution in [0.2, 0.25) is 0 Å². The molecule has 5 nitrogen and oxygen atoms in total. The number of nitrogens with zero attached hydrogens (tertiary/aromatic N) is 2. The molecule has 1 aromatic heterocycles. The van der Waals surface area contributed by atoms with E-state index in [2.05, 4.69) is 17.3 Å². The van der Waals surface area contributed by atoms with Gasteiger partial charge in [-0.25, -0.2) is 0 Å². The van der Waals surface area contributed by atoms with Crippen molar-refractivity contribution in [1.29, 1.82) is 0 Å². The summed E-state index contributed by atoms with van der Waals surface area (Å²) in [7, 11) is 1.88. The largest absolute Gasteiger partial charge is 0.398 e. The molecular weight excluding hydrogens is 252 g/mol. The number of carbonyl (C=O) groups is 1. The van der Waals surface area contributed by atoms with Crippen molar-refractivity contribution in [3.05, 3.63) is 46.8 Å². The number of nitrogen functional groups attached to an aromatic ring is 1. The van der Waals surface area contributed by atoms with Crippen LogP contribution in [0.4, 0.5) is 5.69 Å². The van der Waals surface area contributed by atoms with Gasteiger partial charge < -0.3 is 11.1 Å². The second kappa shape index (κ2) is 5.77. The van der Waals surface area contributed by atoms with Gasteiger partial charge in [0.05, 0.1) is 5.69 Å². The minimum absolute atomic E-state index is 0.110. The van der Waals surface area contributed by atoms with Gasteiger partial charge in [0, 0.05) is 36.6 Å². The fourth-order valence-corrected chi connectivity index (χ4v) is 2.20. The molecule has 0 fully saturated rings. The summed E-state index contributed by atoms with van der Waals surface area (Å²) in [6.07, 6.45) is 2.79. The molecule has 0 unspecified atom stereocenters. The van der Waals surface area contributed by atoms with Crippen molar-refractivity contribution in [2.24, 2.45) is 7.05 Å². The van der Waals surface area contributed by atoms with E-state index in [-0.39, 0.29) is 5.91 Å². The SMILES string of the molecule is CCc1nn(C)cc1CNC(=O)c1cccc(N)c1C. The van der Waals surface area contributed by atoms with Crippen molar-refractivity contribution in [2.45, 2.75) is 26.8 Å². The van der Waals surface area contributed by atoms with Crippen molar-refractivity contribution in [3.63, 3.8) is 0 Å². The minimum Gasteiger partial charge on any atom is -0.398 e. The monoisotopic (exact) mass is 272 g/mol. The Morgan fingerprint density at radius 2 is 2.20 bits per heavy atom. The normalized spacial score (nSPS) is 10.6. The summed E-state index contributed by atoms with van der Waals surface area (Å²) in [6.45, 7) is 4.38. The van der Waals surface area contributed by atoms with E-state index in [1.165, 1.54) is 0 Å². The van der Waals surface area contributed by atoms with Gasteiger partial charge >= 0.3 is 0 Å². The first-order chi connectivity index (χ1) is 9.52. The number of hydrogen-bond donors (Lipinski definition) is 2. The Morgan fingerprint density at radius 1 is 1.45 bits per heavy atom. The maximum atomic E-state index is 12.2. The van der Waals surface area contributed by atoms with E-state index in [0.717, 1.165) is 23.2 Å². The number of aromatic nitrogens is 2. The molecule has 1 amide bonds. The van der Waals surface area contributed by atoms with E-state index in [9.17, 15) is 4.79 Å². The molecule has 1 aromatic carbocycles. The number of amides is 1. The Balaban J connectivity index is 2.10. The Bertz CT molecular complexity index is 631. The fourth-order valence-electron chi connectivity index (χ4n) is 2.20. The molecule has 0 aliphatic carbocycles. The number of rotatable bonds is 4. The Labute approximate surface area is 118 Å². The van der Waals surface area contributed by atoms with Gasteiger partial charge in [-0.2, -0.15) is 5.10 Å². The first-order valence-corrected chi connectivity index (χ1v) is 6.67. The lowest BCUT2D eigenvalue weighted by Gasteiger charge is -2.09. The van der Waals surface area contributed by atoms with Crippen LogP contribution in [0.1, 0.15) is 34.1 Å². The highest BCUT2D eigenvalue weighted by Gasteiger charge is 2.12.